The fourth-order valence-electron chi connectivity index (χ4n) is 2.54. The molecule has 2 rings (SSSR count). The zero-order chi connectivity index (χ0) is 15.6. The number of hydrogen-bond acceptors (Lipinski definition) is 4. The summed E-state index contributed by atoms with van der Waals surface area (Å²) in [5, 5.41) is 9.03. The van der Waals surface area contributed by atoms with Gasteiger partial charge in [-0.3, -0.25) is 20.6 Å². The Hall–Kier alpha value is -1.18. The molecule has 0 spiro atoms. The Morgan fingerprint density at radius 1 is 1.38 bits per heavy atom. The van der Waals surface area contributed by atoms with Gasteiger partial charge in [0.25, 0.3) is 0 Å². The largest absolute Gasteiger partial charge is 0.271 e. The lowest BCUT2D eigenvalue weighted by atomic mass is 10.1. The fourth-order valence-corrected chi connectivity index (χ4v) is 3.04. The first-order valence-corrected chi connectivity index (χ1v) is 8.01. The van der Waals surface area contributed by atoms with Crippen molar-refractivity contribution in [1.82, 2.24) is 25.0 Å². The summed E-state index contributed by atoms with van der Waals surface area (Å²) in [6, 6.07) is 2.13. The third kappa shape index (κ3) is 3.20. The molecular formula is C14H23BrN6. The summed E-state index contributed by atoms with van der Waals surface area (Å²) in [6.45, 7) is 7.02. The van der Waals surface area contributed by atoms with Crippen LogP contribution in [0.2, 0.25) is 0 Å². The van der Waals surface area contributed by atoms with E-state index in [-0.39, 0.29) is 6.04 Å². The van der Waals surface area contributed by atoms with Crippen LogP contribution in [-0.2, 0) is 26.4 Å². The fraction of sp³-hybridized carbons (Fsp3) is 0.571. The van der Waals surface area contributed by atoms with Crippen LogP contribution in [-0.4, -0.2) is 19.6 Å². The van der Waals surface area contributed by atoms with Gasteiger partial charge in [-0.1, -0.05) is 6.92 Å². The quantitative estimate of drug-likeness (QED) is 0.614. The van der Waals surface area contributed by atoms with E-state index in [9.17, 15) is 0 Å². The van der Waals surface area contributed by atoms with E-state index in [0.717, 1.165) is 46.6 Å². The summed E-state index contributed by atoms with van der Waals surface area (Å²) in [5.41, 5.74) is 7.23. The second-order valence-corrected chi connectivity index (χ2v) is 5.92. The van der Waals surface area contributed by atoms with Crippen LogP contribution in [0.15, 0.2) is 10.5 Å². The number of nitrogens with zero attached hydrogens (tertiary/aromatic N) is 4. The highest BCUT2D eigenvalue weighted by molar-refractivity contribution is 9.10. The minimum absolute atomic E-state index is 0.00356. The third-order valence-electron chi connectivity index (χ3n) is 3.74. The van der Waals surface area contributed by atoms with Crippen molar-refractivity contribution in [1.29, 1.82) is 0 Å². The van der Waals surface area contributed by atoms with E-state index in [4.69, 9.17) is 5.84 Å². The Morgan fingerprint density at radius 3 is 2.57 bits per heavy atom. The van der Waals surface area contributed by atoms with Gasteiger partial charge in [0.2, 0.25) is 0 Å². The Kier molecular flexibility index (Phi) is 5.18. The Balaban J connectivity index is 2.34. The Labute approximate surface area is 133 Å². The predicted octanol–water partition coefficient (Wildman–Crippen LogP) is 2.02. The highest BCUT2D eigenvalue weighted by Gasteiger charge is 2.21. The van der Waals surface area contributed by atoms with Crippen LogP contribution >= 0.6 is 15.9 Å². The monoisotopic (exact) mass is 354 g/mol. The van der Waals surface area contributed by atoms with E-state index in [1.165, 1.54) is 0 Å². The van der Waals surface area contributed by atoms with Crippen molar-refractivity contribution in [3.05, 3.63) is 33.3 Å². The molecular weight excluding hydrogens is 332 g/mol. The molecule has 0 aromatic carbocycles. The Morgan fingerprint density at radius 2 is 2.10 bits per heavy atom. The molecule has 2 aromatic heterocycles. The summed E-state index contributed by atoms with van der Waals surface area (Å²) in [7, 11) is 1.95. The molecule has 3 N–H and O–H groups in total. The zero-order valence-corrected chi connectivity index (χ0v) is 14.6. The number of aromatic nitrogens is 4. The first-order chi connectivity index (χ1) is 10.0. The molecule has 21 heavy (non-hydrogen) atoms. The molecule has 6 nitrogen and oxygen atoms in total. The van der Waals surface area contributed by atoms with Crippen LogP contribution in [0.1, 0.15) is 42.7 Å². The molecule has 1 unspecified atom stereocenters. The number of halogens is 1. The predicted molar refractivity (Wildman–Crippen MR) is 86.7 cm³/mol. The van der Waals surface area contributed by atoms with E-state index in [2.05, 4.69) is 51.5 Å². The summed E-state index contributed by atoms with van der Waals surface area (Å²) < 4.78 is 4.96. The molecule has 0 amide bonds. The van der Waals surface area contributed by atoms with E-state index in [0.29, 0.717) is 0 Å². The van der Waals surface area contributed by atoms with Crippen LogP contribution in [0.4, 0.5) is 0 Å². The van der Waals surface area contributed by atoms with Gasteiger partial charge >= 0.3 is 0 Å². The topological polar surface area (TPSA) is 73.7 Å². The van der Waals surface area contributed by atoms with Crippen LogP contribution in [0, 0.1) is 6.92 Å². The molecule has 2 aromatic rings. The van der Waals surface area contributed by atoms with E-state index < -0.39 is 0 Å². The summed E-state index contributed by atoms with van der Waals surface area (Å²) >= 11 is 3.61. The van der Waals surface area contributed by atoms with Gasteiger partial charge in [0.05, 0.1) is 33.3 Å². The molecule has 0 aliphatic carbocycles. The highest BCUT2D eigenvalue weighted by Crippen LogP contribution is 2.26. The first kappa shape index (κ1) is 16.2. The Bertz CT molecular complexity index is 615. The number of nitrogens with two attached hydrogens (primary N) is 1. The van der Waals surface area contributed by atoms with Crippen molar-refractivity contribution in [2.75, 3.05) is 0 Å². The van der Waals surface area contributed by atoms with Crippen LogP contribution < -0.4 is 11.3 Å². The molecule has 116 valence electrons. The molecule has 0 aliphatic heterocycles. The lowest BCUT2D eigenvalue weighted by molar-refractivity contribution is 0.477. The molecule has 0 fully saturated rings. The normalized spacial score (nSPS) is 12.9. The van der Waals surface area contributed by atoms with Crippen LogP contribution in [0.25, 0.3) is 0 Å². The number of hydrazine groups is 1. The molecule has 0 radical (unpaired) electrons. The molecule has 0 aliphatic rings. The highest BCUT2D eigenvalue weighted by atomic mass is 79.9. The summed E-state index contributed by atoms with van der Waals surface area (Å²) in [5.74, 6) is 5.80. The van der Waals surface area contributed by atoms with Gasteiger partial charge < -0.3 is 0 Å². The summed E-state index contributed by atoms with van der Waals surface area (Å²) in [4.78, 5) is 0. The first-order valence-electron chi connectivity index (χ1n) is 7.22. The average molecular weight is 355 g/mol. The van der Waals surface area contributed by atoms with Crippen molar-refractivity contribution in [2.24, 2.45) is 12.9 Å². The number of nitrogens with one attached hydrogen (secondary N) is 1. The van der Waals surface area contributed by atoms with Crippen molar-refractivity contribution in [2.45, 2.75) is 46.2 Å². The van der Waals surface area contributed by atoms with Gasteiger partial charge in [-0.25, -0.2) is 0 Å². The minimum atomic E-state index is 0.00356. The van der Waals surface area contributed by atoms with Gasteiger partial charge in [0.15, 0.2) is 0 Å². The number of hydrogen-bond donors (Lipinski definition) is 2. The number of rotatable bonds is 6. The zero-order valence-electron chi connectivity index (χ0n) is 13.0. The SMILES string of the molecule is CCc1cc(C(Cc2c(Br)c(C)nn2C)NN)n(CC)n1. The molecule has 2 heterocycles. The smallest absolute Gasteiger partial charge is 0.0738 e. The van der Waals surface area contributed by atoms with Crippen LogP contribution in [0.3, 0.4) is 0 Å². The van der Waals surface area contributed by atoms with Gasteiger partial charge in [0.1, 0.15) is 0 Å². The van der Waals surface area contributed by atoms with E-state index >= 15 is 0 Å². The van der Waals surface area contributed by atoms with Gasteiger partial charge in [-0.2, -0.15) is 10.2 Å². The molecule has 0 saturated heterocycles. The summed E-state index contributed by atoms with van der Waals surface area (Å²) in [6.07, 6.45) is 1.68. The van der Waals surface area contributed by atoms with E-state index in [1.54, 1.807) is 0 Å². The molecule has 7 heteroatoms. The lowest BCUT2D eigenvalue weighted by Gasteiger charge is -2.17. The molecule has 0 saturated carbocycles. The van der Waals surface area contributed by atoms with Gasteiger partial charge in [-0.05, 0) is 42.3 Å². The lowest BCUT2D eigenvalue weighted by Crippen LogP contribution is -2.32. The van der Waals surface area contributed by atoms with Crippen molar-refractivity contribution < 1.29 is 0 Å². The maximum absolute atomic E-state index is 5.80. The minimum Gasteiger partial charge on any atom is -0.271 e. The second-order valence-electron chi connectivity index (χ2n) is 5.12. The molecule has 1 atom stereocenters. The van der Waals surface area contributed by atoms with Crippen molar-refractivity contribution >= 4 is 15.9 Å². The number of aryl methyl sites for hydroxylation is 4. The van der Waals surface area contributed by atoms with Gasteiger partial charge in [0, 0.05) is 20.0 Å². The van der Waals surface area contributed by atoms with Gasteiger partial charge in [-0.15, -0.1) is 0 Å². The standard InChI is InChI=1S/C14H23BrN6/c1-5-10-7-12(21(6-2)19-10)11(17-16)8-13-14(15)9(3)18-20(13)4/h7,11,17H,5-6,8,16H2,1-4H3. The van der Waals surface area contributed by atoms with Crippen molar-refractivity contribution in [3.63, 3.8) is 0 Å². The maximum atomic E-state index is 5.80. The molecule has 0 bridgehead atoms. The second kappa shape index (κ2) is 6.72. The maximum Gasteiger partial charge on any atom is 0.0738 e. The average Bonchev–Trinajstić information content (AvgIpc) is 2.99. The van der Waals surface area contributed by atoms with Crippen LogP contribution in [0.5, 0.6) is 0 Å². The third-order valence-corrected chi connectivity index (χ3v) is 4.77. The van der Waals surface area contributed by atoms with E-state index in [1.807, 2.05) is 23.3 Å². The van der Waals surface area contributed by atoms with Crippen molar-refractivity contribution in [3.8, 4) is 0 Å².